The van der Waals surface area contributed by atoms with E-state index < -0.39 is 23.4 Å². The summed E-state index contributed by atoms with van der Waals surface area (Å²) in [4.78, 5) is 44.1. The first kappa shape index (κ1) is 34.0. The summed E-state index contributed by atoms with van der Waals surface area (Å²) in [6.07, 6.45) is 0.246. The fourth-order valence-electron chi connectivity index (χ4n) is 4.84. The molecule has 2 aromatic carbocycles. The fourth-order valence-corrected chi connectivity index (χ4v) is 4.84. The number of ether oxygens (including phenoxy) is 3. The van der Waals surface area contributed by atoms with E-state index in [1.807, 2.05) is 0 Å². The van der Waals surface area contributed by atoms with Crippen LogP contribution in [0.4, 0.5) is 10.6 Å². The molecule has 13 heteroatoms. The van der Waals surface area contributed by atoms with Crippen molar-refractivity contribution in [2.24, 2.45) is 0 Å². The van der Waals surface area contributed by atoms with Crippen molar-refractivity contribution >= 4 is 23.7 Å². The third kappa shape index (κ3) is 7.86. The van der Waals surface area contributed by atoms with Gasteiger partial charge in [-0.25, -0.2) is 9.78 Å². The van der Waals surface area contributed by atoms with Gasteiger partial charge in [0.1, 0.15) is 23.1 Å². The SMILES string of the molecule is COCOc1ccccc1-c1cc(-c2cccc(C(=O)NCCN(C(=O)O)C(C)(C)C)c2OC)c(C#N)c(NC(=O)c2ccco2)n1. The summed E-state index contributed by atoms with van der Waals surface area (Å²) in [5.41, 5.74) is 1.04. The number of rotatable bonds is 12. The molecular weight excluding hydrogens is 606 g/mol. The number of anilines is 1. The number of aromatic nitrogens is 1. The predicted octanol–water partition coefficient (Wildman–Crippen LogP) is 5.63. The van der Waals surface area contributed by atoms with Gasteiger partial charge < -0.3 is 39.3 Å². The minimum atomic E-state index is -1.10. The molecule has 0 aliphatic heterocycles. The summed E-state index contributed by atoms with van der Waals surface area (Å²) in [5.74, 6) is -0.605. The van der Waals surface area contributed by atoms with Crippen LogP contribution in [0.25, 0.3) is 22.4 Å². The lowest BCUT2D eigenvalue weighted by atomic mass is 9.95. The molecule has 0 atom stereocenters. The number of methoxy groups -OCH3 is 2. The van der Waals surface area contributed by atoms with Crippen LogP contribution in [0.3, 0.4) is 0 Å². The van der Waals surface area contributed by atoms with Gasteiger partial charge in [-0.3, -0.25) is 9.59 Å². The molecule has 4 aromatic rings. The Hall–Kier alpha value is -5.87. The fraction of sp³-hybridized carbons (Fsp3) is 0.265. The molecule has 4 rings (SSSR count). The van der Waals surface area contributed by atoms with E-state index in [0.717, 1.165) is 0 Å². The molecule has 2 heterocycles. The van der Waals surface area contributed by atoms with Crippen molar-refractivity contribution in [2.45, 2.75) is 26.3 Å². The number of furan rings is 1. The Kier molecular flexibility index (Phi) is 10.8. The van der Waals surface area contributed by atoms with Gasteiger partial charge in [0.15, 0.2) is 18.4 Å². The first-order chi connectivity index (χ1) is 22.5. The Bertz CT molecular complexity index is 1790. The molecule has 0 aliphatic rings. The molecule has 3 N–H and O–H groups in total. The van der Waals surface area contributed by atoms with Crippen molar-refractivity contribution in [1.29, 1.82) is 5.26 Å². The molecule has 0 fully saturated rings. The first-order valence-electron chi connectivity index (χ1n) is 14.5. The van der Waals surface area contributed by atoms with Crippen LogP contribution < -0.4 is 20.1 Å². The van der Waals surface area contributed by atoms with E-state index in [-0.39, 0.29) is 48.3 Å². The van der Waals surface area contributed by atoms with Crippen LogP contribution in [-0.4, -0.2) is 72.5 Å². The topological polar surface area (TPSA) is 176 Å². The van der Waals surface area contributed by atoms with E-state index in [1.165, 1.54) is 31.4 Å². The van der Waals surface area contributed by atoms with Crippen LogP contribution in [-0.2, 0) is 4.74 Å². The molecule has 0 aliphatic carbocycles. The van der Waals surface area contributed by atoms with Crippen LogP contribution >= 0.6 is 0 Å². The zero-order chi connectivity index (χ0) is 34.1. The van der Waals surface area contributed by atoms with Gasteiger partial charge in [-0.2, -0.15) is 5.26 Å². The van der Waals surface area contributed by atoms with Gasteiger partial charge in [-0.15, -0.1) is 0 Å². The van der Waals surface area contributed by atoms with Crippen LogP contribution in [0.5, 0.6) is 11.5 Å². The number of para-hydroxylation sites is 2. The number of hydrogen-bond acceptors (Lipinski definition) is 9. The Morgan fingerprint density at radius 1 is 1.00 bits per heavy atom. The number of pyridine rings is 1. The van der Waals surface area contributed by atoms with Crippen LogP contribution in [0, 0.1) is 11.3 Å². The van der Waals surface area contributed by atoms with Gasteiger partial charge in [0, 0.05) is 42.4 Å². The van der Waals surface area contributed by atoms with Gasteiger partial charge in [0.2, 0.25) is 0 Å². The Morgan fingerprint density at radius 2 is 1.74 bits per heavy atom. The lowest BCUT2D eigenvalue weighted by Gasteiger charge is -2.33. The average molecular weight is 642 g/mol. The van der Waals surface area contributed by atoms with Gasteiger partial charge in [0.05, 0.1) is 24.6 Å². The van der Waals surface area contributed by atoms with Crippen molar-refractivity contribution in [3.63, 3.8) is 0 Å². The van der Waals surface area contributed by atoms with Crippen molar-refractivity contribution in [1.82, 2.24) is 15.2 Å². The first-order valence-corrected chi connectivity index (χ1v) is 14.5. The lowest BCUT2D eigenvalue weighted by molar-refractivity contribution is 0.0515. The maximum absolute atomic E-state index is 13.4. The molecule has 244 valence electrons. The second-order valence-electron chi connectivity index (χ2n) is 11.1. The van der Waals surface area contributed by atoms with Gasteiger partial charge in [-0.05, 0) is 57.2 Å². The van der Waals surface area contributed by atoms with E-state index >= 15 is 0 Å². The summed E-state index contributed by atoms with van der Waals surface area (Å²) in [6.45, 7) is 5.35. The van der Waals surface area contributed by atoms with E-state index in [9.17, 15) is 24.8 Å². The number of carbonyl (C=O) groups is 3. The monoisotopic (exact) mass is 641 g/mol. The predicted molar refractivity (Wildman–Crippen MR) is 172 cm³/mol. The van der Waals surface area contributed by atoms with Crippen LogP contribution in [0.15, 0.2) is 71.3 Å². The number of benzene rings is 2. The van der Waals surface area contributed by atoms with Crippen molar-refractivity contribution in [2.75, 3.05) is 39.4 Å². The standard InChI is InChI=1S/C34H35N5O8/c1-34(2,3)39(33(42)43)16-15-36-31(40)23-12-8-11-21(29(23)45-5)24-18-26(22-10-6-7-13-27(22)47-20-44-4)37-30(25(24)19-35)38-32(41)28-14-9-17-46-28/h6-14,17-18H,15-16,20H2,1-5H3,(H,36,40)(H,42,43)(H,37,38,41). The number of nitrogens with one attached hydrogen (secondary N) is 2. The van der Waals surface area contributed by atoms with Crippen LogP contribution in [0.2, 0.25) is 0 Å². The highest BCUT2D eigenvalue weighted by Crippen LogP contribution is 2.40. The minimum absolute atomic E-state index is 0.00193. The lowest BCUT2D eigenvalue weighted by Crippen LogP contribution is -2.48. The Labute approximate surface area is 271 Å². The highest BCUT2D eigenvalue weighted by molar-refractivity contribution is 6.04. The maximum Gasteiger partial charge on any atom is 0.407 e. The molecule has 0 saturated heterocycles. The minimum Gasteiger partial charge on any atom is -0.495 e. The van der Waals surface area contributed by atoms with E-state index in [0.29, 0.717) is 28.1 Å². The second-order valence-corrected chi connectivity index (χ2v) is 11.1. The Morgan fingerprint density at radius 3 is 2.38 bits per heavy atom. The van der Waals surface area contributed by atoms with E-state index in [1.54, 1.807) is 75.4 Å². The zero-order valence-electron chi connectivity index (χ0n) is 26.6. The Balaban J connectivity index is 1.82. The van der Waals surface area contributed by atoms with Crippen LogP contribution in [0.1, 0.15) is 47.2 Å². The summed E-state index contributed by atoms with van der Waals surface area (Å²) in [5, 5.41) is 25.4. The number of nitrogens with zero attached hydrogens (tertiary/aromatic N) is 3. The third-order valence-electron chi connectivity index (χ3n) is 7.02. The molecule has 0 bridgehead atoms. The molecule has 0 saturated carbocycles. The summed E-state index contributed by atoms with van der Waals surface area (Å²) in [7, 11) is 2.88. The molecule has 47 heavy (non-hydrogen) atoms. The molecular formula is C34H35N5O8. The maximum atomic E-state index is 13.4. The average Bonchev–Trinajstić information content (AvgIpc) is 3.60. The molecule has 13 nitrogen and oxygen atoms in total. The number of hydrogen-bond donors (Lipinski definition) is 3. The molecule has 0 unspecified atom stereocenters. The molecule has 3 amide bonds. The molecule has 0 radical (unpaired) electrons. The number of carboxylic acid groups (broad SMARTS) is 1. The zero-order valence-corrected chi connectivity index (χ0v) is 26.6. The number of amides is 3. The van der Waals surface area contributed by atoms with Crippen molar-refractivity contribution < 1.29 is 38.1 Å². The summed E-state index contributed by atoms with van der Waals surface area (Å²) in [6, 6.07) is 18.7. The quantitative estimate of drug-likeness (QED) is 0.164. The van der Waals surface area contributed by atoms with Gasteiger partial charge in [0.25, 0.3) is 11.8 Å². The largest absolute Gasteiger partial charge is 0.495 e. The third-order valence-corrected chi connectivity index (χ3v) is 7.02. The molecule has 0 spiro atoms. The smallest absolute Gasteiger partial charge is 0.407 e. The van der Waals surface area contributed by atoms with Gasteiger partial charge in [-0.1, -0.05) is 24.3 Å². The van der Waals surface area contributed by atoms with E-state index in [2.05, 4.69) is 21.7 Å². The number of nitriles is 1. The van der Waals surface area contributed by atoms with Crippen molar-refractivity contribution in [3.8, 4) is 40.0 Å². The molecule has 2 aromatic heterocycles. The summed E-state index contributed by atoms with van der Waals surface area (Å²) < 4.78 is 21.8. The normalized spacial score (nSPS) is 10.9. The van der Waals surface area contributed by atoms with E-state index in [4.69, 9.17) is 18.6 Å². The second kappa shape index (κ2) is 14.9. The highest BCUT2D eigenvalue weighted by atomic mass is 16.7. The van der Waals surface area contributed by atoms with Crippen molar-refractivity contribution in [3.05, 3.63) is 83.8 Å². The number of carbonyl (C=O) groups excluding carboxylic acids is 2. The highest BCUT2D eigenvalue weighted by Gasteiger charge is 2.27. The van der Waals surface area contributed by atoms with Gasteiger partial charge >= 0.3 is 6.09 Å². The summed E-state index contributed by atoms with van der Waals surface area (Å²) >= 11 is 0.